The lowest BCUT2D eigenvalue weighted by Gasteiger charge is -2.57. The van der Waals surface area contributed by atoms with Crippen molar-refractivity contribution in [3.05, 3.63) is 18.0 Å². The van der Waals surface area contributed by atoms with Crippen molar-refractivity contribution in [2.24, 2.45) is 46.8 Å². The van der Waals surface area contributed by atoms with E-state index < -0.39 is 5.60 Å². The molecule has 4 fully saturated rings. The number of aliphatic hydroxyl groups is 1. The van der Waals surface area contributed by atoms with Gasteiger partial charge in [0.05, 0.1) is 35.9 Å². The van der Waals surface area contributed by atoms with Crippen LogP contribution >= 0.6 is 0 Å². The first-order valence-corrected chi connectivity index (χ1v) is 12.3. The maximum Gasteiger partial charge on any atom is 0.157 e. The summed E-state index contributed by atoms with van der Waals surface area (Å²) in [6.45, 7) is 4.50. The van der Waals surface area contributed by atoms with Crippen molar-refractivity contribution in [1.29, 1.82) is 10.5 Å². The van der Waals surface area contributed by atoms with Gasteiger partial charge in [-0.25, -0.2) is 0 Å². The van der Waals surface area contributed by atoms with Crippen LogP contribution in [-0.4, -0.2) is 26.3 Å². The number of carbonyl (C=O) groups excluding carboxylic acids is 1. The highest BCUT2D eigenvalue weighted by Gasteiger charge is 2.60. The molecule has 1 aromatic heterocycles. The molecule has 1 heterocycles. The molecule has 0 saturated heterocycles. The van der Waals surface area contributed by atoms with Crippen LogP contribution < -0.4 is 0 Å². The van der Waals surface area contributed by atoms with E-state index in [1.54, 1.807) is 10.9 Å². The van der Waals surface area contributed by atoms with Gasteiger partial charge in [0.25, 0.3) is 0 Å². The molecule has 6 nitrogen and oxygen atoms in total. The third kappa shape index (κ3) is 3.39. The van der Waals surface area contributed by atoms with Gasteiger partial charge in [-0.2, -0.15) is 15.6 Å². The Balaban J connectivity index is 1.34. The van der Waals surface area contributed by atoms with Crippen molar-refractivity contribution in [1.82, 2.24) is 9.78 Å². The van der Waals surface area contributed by atoms with E-state index in [1.807, 2.05) is 6.92 Å². The number of nitriles is 2. The van der Waals surface area contributed by atoms with Crippen molar-refractivity contribution in [3.8, 4) is 12.1 Å². The van der Waals surface area contributed by atoms with Gasteiger partial charge < -0.3 is 5.11 Å². The first kappa shape index (κ1) is 21.7. The first-order chi connectivity index (χ1) is 15.3. The Morgan fingerprint density at radius 3 is 2.72 bits per heavy atom. The van der Waals surface area contributed by atoms with Crippen LogP contribution in [0.25, 0.3) is 0 Å². The molecule has 0 aliphatic heterocycles. The molecule has 0 bridgehead atoms. The summed E-state index contributed by atoms with van der Waals surface area (Å²) < 4.78 is 1.61. The van der Waals surface area contributed by atoms with Crippen LogP contribution in [0.3, 0.4) is 0 Å². The van der Waals surface area contributed by atoms with E-state index >= 15 is 0 Å². The van der Waals surface area contributed by atoms with Gasteiger partial charge in [-0.3, -0.25) is 9.48 Å². The van der Waals surface area contributed by atoms with Crippen LogP contribution in [0, 0.1) is 69.5 Å². The van der Waals surface area contributed by atoms with Gasteiger partial charge >= 0.3 is 0 Å². The van der Waals surface area contributed by atoms with Crippen LogP contribution in [0.5, 0.6) is 0 Å². The average molecular weight is 435 g/mol. The van der Waals surface area contributed by atoms with Crippen molar-refractivity contribution in [2.75, 3.05) is 0 Å². The third-order valence-electron chi connectivity index (χ3n) is 9.86. The normalized spacial score (nSPS) is 45.1. The van der Waals surface area contributed by atoms with Crippen molar-refractivity contribution in [3.63, 3.8) is 0 Å². The Kier molecular flexibility index (Phi) is 5.21. The molecule has 6 heteroatoms. The van der Waals surface area contributed by atoms with Gasteiger partial charge in [0.1, 0.15) is 6.07 Å². The standard InChI is InChI=1S/C26H34N4O2/c1-25(32)9-17-3-4-19-20(24(17)18(10-25)12-28)7-8-26(2)21(19)5-6-22(26)23(31)15-30-14-16(11-27)13-29-30/h13-14,17-22,24,32H,3-10,15H2,1-2H3/t17-,18?,19-,20+,21+,22-,24-,25+,26+/m1/s1. The molecule has 0 amide bonds. The lowest BCUT2D eigenvalue weighted by atomic mass is 9.47. The zero-order valence-corrected chi connectivity index (χ0v) is 19.2. The van der Waals surface area contributed by atoms with Crippen LogP contribution in [0.2, 0.25) is 0 Å². The Hall–Kier alpha value is -2.18. The number of rotatable bonds is 3. The molecular weight excluding hydrogens is 400 g/mol. The highest BCUT2D eigenvalue weighted by molar-refractivity contribution is 5.82. The van der Waals surface area contributed by atoms with Crippen LogP contribution in [-0.2, 0) is 11.3 Å². The molecule has 0 radical (unpaired) electrons. The summed E-state index contributed by atoms with van der Waals surface area (Å²) in [5.41, 5.74) is -0.192. The fourth-order valence-corrected chi connectivity index (χ4v) is 8.72. The molecule has 1 N–H and O–H groups in total. The Morgan fingerprint density at radius 2 is 2.00 bits per heavy atom. The number of hydrogen-bond acceptors (Lipinski definition) is 5. The number of hydrogen-bond donors (Lipinski definition) is 1. The van der Waals surface area contributed by atoms with E-state index in [2.05, 4.69) is 24.2 Å². The summed E-state index contributed by atoms with van der Waals surface area (Å²) in [5.74, 6) is 2.83. The second-order valence-electron chi connectivity index (χ2n) is 11.7. The van der Waals surface area contributed by atoms with Gasteiger partial charge in [0.2, 0.25) is 0 Å². The summed E-state index contributed by atoms with van der Waals surface area (Å²) in [6.07, 6.45) is 11.1. The Morgan fingerprint density at radius 1 is 1.19 bits per heavy atom. The highest BCUT2D eigenvalue weighted by Crippen LogP contribution is 2.65. The largest absolute Gasteiger partial charge is 0.390 e. The second-order valence-corrected chi connectivity index (χ2v) is 11.7. The zero-order chi connectivity index (χ0) is 22.7. The molecular formula is C26H34N4O2. The zero-order valence-electron chi connectivity index (χ0n) is 19.2. The van der Waals surface area contributed by atoms with Crippen LogP contribution in [0.4, 0.5) is 0 Å². The molecule has 0 spiro atoms. The molecule has 4 aliphatic carbocycles. The van der Waals surface area contributed by atoms with Gasteiger partial charge in [-0.05, 0) is 93.3 Å². The first-order valence-electron chi connectivity index (χ1n) is 12.3. The molecule has 9 atom stereocenters. The monoisotopic (exact) mass is 434 g/mol. The smallest absolute Gasteiger partial charge is 0.157 e. The van der Waals surface area contributed by atoms with E-state index in [9.17, 15) is 15.2 Å². The van der Waals surface area contributed by atoms with E-state index in [0.717, 1.165) is 38.5 Å². The van der Waals surface area contributed by atoms with Crippen molar-refractivity contribution >= 4 is 5.78 Å². The SMILES string of the molecule is C[C@@]1(O)CC(C#N)[C@H]2[C@H](CC[C@@H]3[C@@H]2CC[C@]2(C)[C@@H](C(=O)Cn4cc(C#N)cn4)CC[C@@H]32)C1. The Labute approximate surface area is 190 Å². The summed E-state index contributed by atoms with van der Waals surface area (Å²) in [7, 11) is 0. The molecule has 4 saturated carbocycles. The van der Waals surface area contributed by atoms with Gasteiger partial charge in [-0.1, -0.05) is 6.92 Å². The van der Waals surface area contributed by atoms with E-state index in [-0.39, 0.29) is 29.6 Å². The summed E-state index contributed by atoms with van der Waals surface area (Å²) in [6, 6.07) is 4.65. The lowest BCUT2D eigenvalue weighted by Crippen LogP contribution is -2.53. The van der Waals surface area contributed by atoms with Gasteiger partial charge in [0, 0.05) is 12.1 Å². The molecule has 32 heavy (non-hydrogen) atoms. The second kappa shape index (κ2) is 7.70. The molecule has 1 aromatic rings. The lowest BCUT2D eigenvalue weighted by molar-refractivity contribution is -0.135. The number of Topliss-reactive ketones (excluding diaryl/α,β-unsaturated/α-hetero) is 1. The quantitative estimate of drug-likeness (QED) is 0.772. The minimum atomic E-state index is -0.708. The predicted octanol–water partition coefficient (Wildman–Crippen LogP) is 4.09. The predicted molar refractivity (Wildman–Crippen MR) is 118 cm³/mol. The molecule has 1 unspecified atom stereocenters. The van der Waals surface area contributed by atoms with E-state index in [4.69, 9.17) is 5.26 Å². The minimum absolute atomic E-state index is 0.0264. The maximum atomic E-state index is 13.3. The summed E-state index contributed by atoms with van der Waals surface area (Å²) in [5, 5.41) is 33.9. The van der Waals surface area contributed by atoms with Gasteiger partial charge in [0.15, 0.2) is 5.78 Å². The fourth-order valence-electron chi connectivity index (χ4n) is 8.72. The van der Waals surface area contributed by atoms with Crippen molar-refractivity contribution < 1.29 is 9.90 Å². The summed E-state index contributed by atoms with van der Waals surface area (Å²) >= 11 is 0. The minimum Gasteiger partial charge on any atom is -0.390 e. The number of aromatic nitrogens is 2. The number of nitrogens with zero attached hydrogens (tertiary/aromatic N) is 4. The third-order valence-corrected chi connectivity index (χ3v) is 9.86. The van der Waals surface area contributed by atoms with Crippen molar-refractivity contribution in [2.45, 2.75) is 77.4 Å². The number of carbonyl (C=O) groups is 1. The van der Waals surface area contributed by atoms with Crippen LogP contribution in [0.1, 0.15) is 70.8 Å². The maximum absolute atomic E-state index is 13.3. The topological polar surface area (TPSA) is 103 Å². The van der Waals surface area contributed by atoms with Gasteiger partial charge in [-0.15, -0.1) is 0 Å². The molecule has 0 aromatic carbocycles. The summed E-state index contributed by atoms with van der Waals surface area (Å²) in [4.78, 5) is 13.3. The van der Waals surface area contributed by atoms with E-state index in [0.29, 0.717) is 41.6 Å². The molecule has 170 valence electrons. The highest BCUT2D eigenvalue weighted by atomic mass is 16.3. The number of fused-ring (bicyclic) bond motifs is 5. The van der Waals surface area contributed by atoms with E-state index in [1.165, 1.54) is 12.6 Å². The van der Waals surface area contributed by atoms with Crippen LogP contribution in [0.15, 0.2) is 12.4 Å². The Bertz CT molecular complexity index is 985. The molecule has 5 rings (SSSR count). The number of ketones is 1. The molecule has 4 aliphatic rings. The fraction of sp³-hybridized carbons (Fsp3) is 0.769. The average Bonchev–Trinajstić information content (AvgIpc) is 3.35.